The largest absolute Gasteiger partial charge is 0.378 e. The van der Waals surface area contributed by atoms with Crippen LogP contribution in [-0.2, 0) is 4.74 Å². The quantitative estimate of drug-likeness (QED) is 0.826. The lowest BCUT2D eigenvalue weighted by Gasteiger charge is -2.63. The summed E-state index contributed by atoms with van der Waals surface area (Å²) in [5.74, 6) is 1.48. The molecular formula is C15H22N4O. The van der Waals surface area contributed by atoms with Crippen LogP contribution in [-0.4, -0.2) is 60.5 Å². The fourth-order valence-corrected chi connectivity index (χ4v) is 3.45. The predicted octanol–water partition coefficient (Wildman–Crippen LogP) is 1.12. The molecule has 3 saturated heterocycles. The van der Waals surface area contributed by atoms with Crippen molar-refractivity contribution < 1.29 is 4.74 Å². The smallest absolute Gasteiger partial charge is 0.151 e. The zero-order valence-corrected chi connectivity index (χ0v) is 12.2. The minimum absolute atomic E-state index is 0.448. The highest BCUT2D eigenvalue weighted by molar-refractivity contribution is 5.43. The molecule has 1 aromatic heterocycles. The number of ether oxygens (including phenoxy) is 1. The molecule has 0 N–H and O–H groups in total. The molecule has 5 heteroatoms. The number of hydrogen-bond donors (Lipinski definition) is 0. The van der Waals surface area contributed by atoms with Crippen molar-refractivity contribution in [2.75, 3.05) is 44.3 Å². The van der Waals surface area contributed by atoms with Gasteiger partial charge in [-0.3, -0.25) is 4.90 Å². The average Bonchev–Trinajstić information content (AvgIpc) is 2.28. The Morgan fingerprint density at radius 2 is 1.90 bits per heavy atom. The van der Waals surface area contributed by atoms with Crippen molar-refractivity contribution >= 4 is 5.82 Å². The Kier molecular flexibility index (Phi) is 2.76. The molecule has 20 heavy (non-hydrogen) atoms. The van der Waals surface area contributed by atoms with Crippen LogP contribution in [0.25, 0.3) is 0 Å². The maximum atomic E-state index is 5.26. The highest BCUT2D eigenvalue weighted by Gasteiger charge is 2.54. The van der Waals surface area contributed by atoms with E-state index in [1.54, 1.807) is 0 Å². The third-order valence-corrected chi connectivity index (χ3v) is 4.85. The summed E-state index contributed by atoms with van der Waals surface area (Å²) >= 11 is 0. The van der Waals surface area contributed by atoms with Gasteiger partial charge in [-0.25, -0.2) is 0 Å². The maximum absolute atomic E-state index is 5.26. The van der Waals surface area contributed by atoms with Crippen molar-refractivity contribution in [1.29, 1.82) is 0 Å². The van der Waals surface area contributed by atoms with E-state index in [1.807, 2.05) is 0 Å². The molecule has 4 rings (SSSR count). The van der Waals surface area contributed by atoms with Gasteiger partial charge in [0, 0.05) is 31.6 Å². The van der Waals surface area contributed by atoms with Crippen LogP contribution in [0, 0.1) is 5.41 Å². The minimum atomic E-state index is 0.448. The second kappa shape index (κ2) is 4.40. The summed E-state index contributed by atoms with van der Waals surface area (Å²) < 4.78 is 5.26. The molecule has 0 atom stereocenters. The van der Waals surface area contributed by atoms with Crippen molar-refractivity contribution in [2.24, 2.45) is 5.41 Å². The van der Waals surface area contributed by atoms with Gasteiger partial charge in [0.2, 0.25) is 0 Å². The topological polar surface area (TPSA) is 41.5 Å². The summed E-state index contributed by atoms with van der Waals surface area (Å²) in [7, 11) is 0. The standard InChI is InChI=1S/C15H22N4O/c1-11(2)13-3-4-14(17-16-13)19-9-15(10-19)7-18(8-15)12-5-20-6-12/h3-4,11-12H,5-10H2,1-2H3. The van der Waals surface area contributed by atoms with Crippen molar-refractivity contribution in [2.45, 2.75) is 25.8 Å². The lowest BCUT2D eigenvalue weighted by molar-refractivity contribution is -0.137. The van der Waals surface area contributed by atoms with Gasteiger partial charge in [0.15, 0.2) is 5.82 Å². The summed E-state index contributed by atoms with van der Waals surface area (Å²) in [6.45, 7) is 10.9. The lowest BCUT2D eigenvalue weighted by Crippen LogP contribution is -2.75. The molecule has 108 valence electrons. The normalized spacial score (nSPS) is 25.4. The zero-order valence-electron chi connectivity index (χ0n) is 12.2. The van der Waals surface area contributed by atoms with E-state index in [0.29, 0.717) is 17.4 Å². The molecule has 4 heterocycles. The summed E-state index contributed by atoms with van der Waals surface area (Å²) in [6.07, 6.45) is 0. The Labute approximate surface area is 119 Å². The van der Waals surface area contributed by atoms with Crippen LogP contribution < -0.4 is 4.90 Å². The van der Waals surface area contributed by atoms with Crippen LogP contribution in [0.3, 0.4) is 0 Å². The maximum Gasteiger partial charge on any atom is 0.151 e. The monoisotopic (exact) mass is 274 g/mol. The van der Waals surface area contributed by atoms with Crippen LogP contribution >= 0.6 is 0 Å². The Morgan fingerprint density at radius 1 is 1.15 bits per heavy atom. The fraction of sp³-hybridized carbons (Fsp3) is 0.733. The second-order valence-corrected chi connectivity index (χ2v) is 6.92. The molecule has 1 aromatic rings. The van der Waals surface area contributed by atoms with Crippen molar-refractivity contribution in [1.82, 2.24) is 15.1 Å². The van der Waals surface area contributed by atoms with Crippen LogP contribution in [0.4, 0.5) is 5.82 Å². The molecule has 0 aliphatic carbocycles. The van der Waals surface area contributed by atoms with Crippen molar-refractivity contribution in [3.8, 4) is 0 Å². The molecule has 0 aromatic carbocycles. The summed E-state index contributed by atoms with van der Waals surface area (Å²) in [4.78, 5) is 4.92. The van der Waals surface area contributed by atoms with E-state index in [9.17, 15) is 0 Å². The first-order valence-corrected chi connectivity index (χ1v) is 7.56. The van der Waals surface area contributed by atoms with E-state index in [0.717, 1.165) is 37.8 Å². The lowest BCUT2D eigenvalue weighted by atomic mass is 9.72. The molecule has 0 amide bonds. The van der Waals surface area contributed by atoms with Gasteiger partial charge < -0.3 is 9.64 Å². The molecule has 0 unspecified atom stereocenters. The number of likely N-dealkylation sites (tertiary alicyclic amines) is 1. The Morgan fingerprint density at radius 3 is 2.40 bits per heavy atom. The van der Waals surface area contributed by atoms with Crippen LogP contribution in [0.5, 0.6) is 0 Å². The van der Waals surface area contributed by atoms with Gasteiger partial charge in [0.1, 0.15) is 0 Å². The highest BCUT2D eigenvalue weighted by atomic mass is 16.5. The van der Waals surface area contributed by atoms with Crippen molar-refractivity contribution in [3.05, 3.63) is 17.8 Å². The fourth-order valence-electron chi connectivity index (χ4n) is 3.45. The Balaban J connectivity index is 1.32. The molecule has 0 saturated carbocycles. The molecule has 3 fully saturated rings. The van der Waals surface area contributed by atoms with E-state index < -0.39 is 0 Å². The van der Waals surface area contributed by atoms with E-state index >= 15 is 0 Å². The van der Waals surface area contributed by atoms with E-state index in [1.165, 1.54) is 13.1 Å². The van der Waals surface area contributed by atoms with E-state index in [4.69, 9.17) is 4.74 Å². The summed E-state index contributed by atoms with van der Waals surface area (Å²) in [6, 6.07) is 4.92. The van der Waals surface area contributed by atoms with Gasteiger partial charge in [0.25, 0.3) is 0 Å². The van der Waals surface area contributed by atoms with Gasteiger partial charge in [-0.2, -0.15) is 5.10 Å². The molecule has 5 nitrogen and oxygen atoms in total. The van der Waals surface area contributed by atoms with Crippen LogP contribution in [0.1, 0.15) is 25.5 Å². The number of hydrogen-bond acceptors (Lipinski definition) is 5. The van der Waals surface area contributed by atoms with Gasteiger partial charge in [-0.1, -0.05) is 13.8 Å². The average molecular weight is 274 g/mol. The number of anilines is 1. The third-order valence-electron chi connectivity index (χ3n) is 4.85. The van der Waals surface area contributed by atoms with Gasteiger partial charge in [-0.05, 0) is 18.1 Å². The van der Waals surface area contributed by atoms with E-state index in [2.05, 4.69) is 46.0 Å². The summed E-state index contributed by atoms with van der Waals surface area (Å²) in [5.41, 5.74) is 1.59. The van der Waals surface area contributed by atoms with Gasteiger partial charge in [-0.15, -0.1) is 5.10 Å². The number of nitrogens with zero attached hydrogens (tertiary/aromatic N) is 4. The second-order valence-electron chi connectivity index (χ2n) is 6.92. The van der Waals surface area contributed by atoms with Gasteiger partial charge in [0.05, 0.1) is 24.9 Å². The Bertz CT molecular complexity index is 483. The SMILES string of the molecule is CC(C)c1ccc(N2CC3(C2)CN(C2COC2)C3)nn1. The minimum Gasteiger partial charge on any atom is -0.378 e. The number of rotatable bonds is 3. The number of aromatic nitrogens is 2. The highest BCUT2D eigenvalue weighted by Crippen LogP contribution is 2.42. The predicted molar refractivity (Wildman–Crippen MR) is 76.9 cm³/mol. The molecule has 0 radical (unpaired) electrons. The zero-order chi connectivity index (χ0) is 13.7. The first-order valence-electron chi connectivity index (χ1n) is 7.56. The molecule has 0 bridgehead atoms. The van der Waals surface area contributed by atoms with Crippen LogP contribution in [0.2, 0.25) is 0 Å². The molecule has 3 aliphatic heterocycles. The molecule has 1 spiro atoms. The van der Waals surface area contributed by atoms with Crippen molar-refractivity contribution in [3.63, 3.8) is 0 Å². The first kappa shape index (κ1) is 12.5. The third kappa shape index (κ3) is 1.91. The first-order chi connectivity index (χ1) is 9.65. The van der Waals surface area contributed by atoms with Gasteiger partial charge >= 0.3 is 0 Å². The molecule has 3 aliphatic rings. The Hall–Kier alpha value is -1.20. The molecular weight excluding hydrogens is 252 g/mol. The van der Waals surface area contributed by atoms with E-state index in [-0.39, 0.29) is 0 Å². The summed E-state index contributed by atoms with van der Waals surface area (Å²) in [5, 5.41) is 8.69. The van der Waals surface area contributed by atoms with Crippen LogP contribution in [0.15, 0.2) is 12.1 Å².